The van der Waals surface area contributed by atoms with Crippen LogP contribution < -0.4 is 5.32 Å². The number of nitrogens with one attached hydrogen (secondary N) is 1. The van der Waals surface area contributed by atoms with Crippen LogP contribution in [-0.2, 0) is 0 Å². The summed E-state index contributed by atoms with van der Waals surface area (Å²) in [6.45, 7) is 7.10. The molecular weight excluding hydrogens is 244 g/mol. The van der Waals surface area contributed by atoms with E-state index in [0.717, 1.165) is 17.2 Å². The molecule has 20 heavy (non-hydrogen) atoms. The van der Waals surface area contributed by atoms with E-state index in [1.165, 1.54) is 32.1 Å². The summed E-state index contributed by atoms with van der Waals surface area (Å²) in [6, 6.07) is 10.6. The van der Waals surface area contributed by atoms with Crippen LogP contribution in [0.4, 0.5) is 5.69 Å². The van der Waals surface area contributed by atoms with Crippen LogP contribution in [0.1, 0.15) is 58.4 Å². The molecule has 108 valence electrons. The Balaban J connectivity index is 1.94. The molecule has 2 rings (SSSR count). The molecule has 0 unspecified atom stereocenters. The van der Waals surface area contributed by atoms with E-state index in [-0.39, 0.29) is 0 Å². The number of rotatable bonds is 4. The molecule has 2 heteroatoms. The van der Waals surface area contributed by atoms with Crippen molar-refractivity contribution in [2.75, 3.05) is 5.32 Å². The molecule has 1 aromatic carbocycles. The Morgan fingerprint density at radius 1 is 1.20 bits per heavy atom. The van der Waals surface area contributed by atoms with Crippen LogP contribution in [0.15, 0.2) is 24.3 Å². The minimum Gasteiger partial charge on any atom is -0.381 e. The summed E-state index contributed by atoms with van der Waals surface area (Å²) in [7, 11) is 0. The van der Waals surface area contributed by atoms with E-state index in [1.54, 1.807) is 0 Å². The van der Waals surface area contributed by atoms with Gasteiger partial charge in [-0.25, -0.2) is 0 Å². The summed E-state index contributed by atoms with van der Waals surface area (Å²) in [5, 5.41) is 12.7. The van der Waals surface area contributed by atoms with Gasteiger partial charge in [0.1, 0.15) is 6.07 Å². The molecular formula is C18H26N2. The molecule has 0 atom stereocenters. The Morgan fingerprint density at radius 3 is 2.45 bits per heavy atom. The topological polar surface area (TPSA) is 35.8 Å². The quantitative estimate of drug-likeness (QED) is 0.839. The Morgan fingerprint density at radius 2 is 1.85 bits per heavy atom. The van der Waals surface area contributed by atoms with Gasteiger partial charge in [0, 0.05) is 6.04 Å². The first kappa shape index (κ1) is 14.9. The lowest BCUT2D eigenvalue weighted by Crippen LogP contribution is -2.32. The maximum Gasteiger partial charge on any atom is 0.101 e. The Labute approximate surface area is 123 Å². The number of nitrogens with zero attached hydrogens (tertiary/aromatic N) is 1. The summed E-state index contributed by atoms with van der Waals surface area (Å²) < 4.78 is 0. The molecule has 0 aliphatic heterocycles. The third kappa shape index (κ3) is 3.33. The standard InChI is InChI=1S/C18H26N2/c1-4-18(2,3)15-9-11-16(12-10-15)20-17-8-6-5-7-14(17)13-19/h5-8,15-16,20H,4,9-12H2,1-3H3. The van der Waals surface area contributed by atoms with Crippen LogP contribution in [0.5, 0.6) is 0 Å². The highest BCUT2D eigenvalue weighted by molar-refractivity contribution is 5.57. The van der Waals surface area contributed by atoms with Gasteiger partial charge in [-0.3, -0.25) is 0 Å². The number of nitriles is 1. The van der Waals surface area contributed by atoms with Gasteiger partial charge < -0.3 is 5.32 Å². The smallest absolute Gasteiger partial charge is 0.101 e. The van der Waals surface area contributed by atoms with Crippen LogP contribution >= 0.6 is 0 Å². The van der Waals surface area contributed by atoms with Gasteiger partial charge in [-0.1, -0.05) is 39.3 Å². The zero-order valence-corrected chi connectivity index (χ0v) is 12.9. The fourth-order valence-corrected chi connectivity index (χ4v) is 3.23. The maximum atomic E-state index is 9.14. The SMILES string of the molecule is CCC(C)(C)C1CCC(Nc2ccccc2C#N)CC1. The number of anilines is 1. The van der Waals surface area contributed by atoms with Gasteiger partial charge in [0.25, 0.3) is 0 Å². The fraction of sp³-hybridized carbons (Fsp3) is 0.611. The molecule has 1 fully saturated rings. The van der Waals surface area contributed by atoms with Gasteiger partial charge in [0.05, 0.1) is 11.3 Å². The molecule has 1 aromatic rings. The van der Waals surface area contributed by atoms with Crippen LogP contribution in [0.3, 0.4) is 0 Å². The summed E-state index contributed by atoms with van der Waals surface area (Å²) in [6.07, 6.45) is 6.29. The third-order valence-corrected chi connectivity index (χ3v) is 5.15. The molecule has 0 amide bonds. The molecule has 1 aliphatic carbocycles. The minimum absolute atomic E-state index is 0.468. The predicted molar refractivity (Wildman–Crippen MR) is 84.6 cm³/mol. The van der Waals surface area contributed by atoms with Crippen LogP contribution in [0.2, 0.25) is 0 Å². The number of para-hydroxylation sites is 1. The summed E-state index contributed by atoms with van der Waals surface area (Å²) in [5.41, 5.74) is 2.21. The highest BCUT2D eigenvalue weighted by atomic mass is 14.9. The van der Waals surface area contributed by atoms with Gasteiger partial charge in [0.2, 0.25) is 0 Å². The van der Waals surface area contributed by atoms with Gasteiger partial charge in [-0.15, -0.1) is 0 Å². The van der Waals surface area contributed by atoms with Crippen molar-refractivity contribution in [2.24, 2.45) is 11.3 Å². The molecule has 2 nitrogen and oxygen atoms in total. The van der Waals surface area contributed by atoms with Crippen LogP contribution in [0, 0.1) is 22.7 Å². The zero-order valence-electron chi connectivity index (χ0n) is 12.9. The number of hydrogen-bond acceptors (Lipinski definition) is 2. The molecule has 1 N–H and O–H groups in total. The fourth-order valence-electron chi connectivity index (χ4n) is 3.23. The second-order valence-corrected chi connectivity index (χ2v) is 6.69. The number of benzene rings is 1. The maximum absolute atomic E-state index is 9.14. The first-order chi connectivity index (χ1) is 9.56. The second kappa shape index (κ2) is 6.31. The average molecular weight is 270 g/mol. The zero-order chi connectivity index (χ0) is 14.6. The van der Waals surface area contributed by atoms with Crippen LogP contribution in [0.25, 0.3) is 0 Å². The summed E-state index contributed by atoms with van der Waals surface area (Å²) in [4.78, 5) is 0. The van der Waals surface area contributed by atoms with Crippen molar-refractivity contribution < 1.29 is 0 Å². The molecule has 0 bridgehead atoms. The molecule has 1 aliphatic rings. The Hall–Kier alpha value is -1.49. The highest BCUT2D eigenvalue weighted by Gasteiger charge is 2.31. The van der Waals surface area contributed by atoms with Crippen LogP contribution in [-0.4, -0.2) is 6.04 Å². The normalized spacial score (nSPS) is 23.1. The molecule has 0 saturated heterocycles. The first-order valence-electron chi connectivity index (χ1n) is 7.82. The van der Waals surface area contributed by atoms with Gasteiger partial charge >= 0.3 is 0 Å². The van der Waals surface area contributed by atoms with E-state index in [0.29, 0.717) is 11.5 Å². The molecule has 0 aromatic heterocycles. The minimum atomic E-state index is 0.468. The van der Waals surface area contributed by atoms with Crippen molar-refractivity contribution in [1.29, 1.82) is 5.26 Å². The Bertz CT molecular complexity index is 476. The molecule has 0 heterocycles. The van der Waals surface area contributed by atoms with E-state index in [9.17, 15) is 0 Å². The second-order valence-electron chi connectivity index (χ2n) is 6.69. The van der Waals surface area contributed by atoms with Crippen molar-refractivity contribution >= 4 is 5.69 Å². The molecule has 1 saturated carbocycles. The monoisotopic (exact) mass is 270 g/mol. The molecule has 0 spiro atoms. The van der Waals surface area contributed by atoms with E-state index in [2.05, 4.69) is 32.2 Å². The molecule has 0 radical (unpaired) electrons. The van der Waals surface area contributed by atoms with Crippen molar-refractivity contribution in [2.45, 2.75) is 58.9 Å². The lowest BCUT2D eigenvalue weighted by atomic mass is 9.69. The van der Waals surface area contributed by atoms with Crippen molar-refractivity contribution in [3.8, 4) is 6.07 Å². The van der Waals surface area contributed by atoms with E-state index in [1.807, 2.05) is 24.3 Å². The van der Waals surface area contributed by atoms with Gasteiger partial charge in [-0.05, 0) is 49.1 Å². The lowest BCUT2D eigenvalue weighted by molar-refractivity contribution is 0.147. The first-order valence-corrected chi connectivity index (χ1v) is 7.82. The van der Waals surface area contributed by atoms with E-state index >= 15 is 0 Å². The van der Waals surface area contributed by atoms with Crippen molar-refractivity contribution in [3.63, 3.8) is 0 Å². The predicted octanol–water partition coefficient (Wildman–Crippen LogP) is 4.97. The van der Waals surface area contributed by atoms with Gasteiger partial charge in [-0.2, -0.15) is 5.26 Å². The Kier molecular flexibility index (Phi) is 4.70. The lowest BCUT2D eigenvalue weighted by Gasteiger charge is -2.39. The third-order valence-electron chi connectivity index (χ3n) is 5.15. The largest absolute Gasteiger partial charge is 0.381 e. The van der Waals surface area contributed by atoms with Crippen molar-refractivity contribution in [1.82, 2.24) is 0 Å². The number of hydrogen-bond donors (Lipinski definition) is 1. The van der Waals surface area contributed by atoms with E-state index < -0.39 is 0 Å². The summed E-state index contributed by atoms with van der Waals surface area (Å²) >= 11 is 0. The summed E-state index contributed by atoms with van der Waals surface area (Å²) in [5.74, 6) is 0.844. The van der Waals surface area contributed by atoms with E-state index in [4.69, 9.17) is 5.26 Å². The highest BCUT2D eigenvalue weighted by Crippen LogP contribution is 2.41. The average Bonchev–Trinajstić information content (AvgIpc) is 2.48. The van der Waals surface area contributed by atoms with Gasteiger partial charge in [0.15, 0.2) is 0 Å². The van der Waals surface area contributed by atoms with Crippen molar-refractivity contribution in [3.05, 3.63) is 29.8 Å².